The maximum absolute atomic E-state index is 12.3. The number of ether oxygens (including phenoxy) is 1. The van der Waals surface area contributed by atoms with Gasteiger partial charge in [0.15, 0.2) is 12.0 Å². The molecule has 20 heavy (non-hydrogen) atoms. The molecule has 0 radical (unpaired) electrons. The van der Waals surface area contributed by atoms with Crippen molar-refractivity contribution in [1.29, 1.82) is 0 Å². The Morgan fingerprint density at radius 3 is 3.00 bits per heavy atom. The summed E-state index contributed by atoms with van der Waals surface area (Å²) in [6, 6.07) is -0.431. The average Bonchev–Trinajstić information content (AvgIpc) is 2.89. The quantitative estimate of drug-likeness (QED) is 0.448. The van der Waals surface area contributed by atoms with Crippen LogP contribution in [-0.2, 0) is 11.3 Å². The second kappa shape index (κ2) is 3.88. The van der Waals surface area contributed by atoms with E-state index in [0.29, 0.717) is 11.5 Å². The van der Waals surface area contributed by atoms with Crippen LogP contribution in [0.2, 0.25) is 0 Å². The van der Waals surface area contributed by atoms with Crippen LogP contribution in [0, 0.1) is 0 Å². The van der Waals surface area contributed by atoms with Crippen molar-refractivity contribution in [2.75, 3.05) is 11.9 Å². The first-order valence-corrected chi connectivity index (χ1v) is 6.34. The first-order valence-electron chi connectivity index (χ1n) is 6.34. The fourth-order valence-corrected chi connectivity index (χ4v) is 2.95. The molecule has 108 valence electrons. The summed E-state index contributed by atoms with van der Waals surface area (Å²) in [5.41, 5.74) is 0.560. The fourth-order valence-electron chi connectivity index (χ4n) is 2.95. The lowest BCUT2D eigenvalue weighted by Crippen LogP contribution is -2.57. The summed E-state index contributed by atoms with van der Waals surface area (Å²) >= 11 is 0. The van der Waals surface area contributed by atoms with E-state index in [1.165, 1.54) is 9.58 Å². The first kappa shape index (κ1) is 12.0. The van der Waals surface area contributed by atoms with Crippen LogP contribution in [0.15, 0.2) is 0 Å². The molecule has 5 atom stereocenters. The van der Waals surface area contributed by atoms with Gasteiger partial charge in [-0.05, 0) is 7.05 Å². The monoisotopic (exact) mass is 282 g/mol. The molecule has 3 aliphatic heterocycles. The molecule has 2 amide bonds. The molecule has 10 heteroatoms. The third-order valence-electron chi connectivity index (χ3n) is 3.96. The summed E-state index contributed by atoms with van der Waals surface area (Å²) in [6.45, 7) is 0.233. The molecule has 4 N–H and O–H groups in total. The highest BCUT2D eigenvalue weighted by molar-refractivity contribution is 5.94. The van der Waals surface area contributed by atoms with Gasteiger partial charge in [0.2, 0.25) is 0 Å². The van der Waals surface area contributed by atoms with Crippen molar-refractivity contribution in [1.82, 2.24) is 25.6 Å². The first-order chi connectivity index (χ1) is 9.61. The van der Waals surface area contributed by atoms with E-state index in [9.17, 15) is 15.0 Å². The van der Waals surface area contributed by atoms with Gasteiger partial charge in [-0.2, -0.15) is 0 Å². The van der Waals surface area contributed by atoms with Crippen molar-refractivity contribution < 1.29 is 19.7 Å². The lowest BCUT2D eigenvalue weighted by atomic mass is 10.1. The van der Waals surface area contributed by atoms with E-state index in [1.807, 2.05) is 0 Å². The number of hydrogen-bond acceptors (Lipinski definition) is 7. The van der Waals surface area contributed by atoms with Gasteiger partial charge in [-0.15, -0.1) is 5.10 Å². The molecule has 3 unspecified atom stereocenters. The molecule has 4 rings (SSSR count). The number of hydrogen-bond donors (Lipinski definition) is 4. The Morgan fingerprint density at radius 2 is 2.25 bits per heavy atom. The zero-order valence-electron chi connectivity index (χ0n) is 10.6. The Hall–Kier alpha value is -1.75. The summed E-state index contributed by atoms with van der Waals surface area (Å²) in [6.07, 6.45) is -4.22. The van der Waals surface area contributed by atoms with Crippen LogP contribution in [0.5, 0.6) is 0 Å². The van der Waals surface area contributed by atoms with E-state index in [2.05, 4.69) is 20.9 Å². The maximum atomic E-state index is 12.3. The van der Waals surface area contributed by atoms with E-state index in [1.54, 1.807) is 7.05 Å². The molecule has 0 spiro atoms. The number of rotatable bonds is 1. The second-order valence-corrected chi connectivity index (χ2v) is 5.07. The van der Waals surface area contributed by atoms with E-state index in [0.717, 1.165) is 0 Å². The number of amides is 2. The van der Waals surface area contributed by atoms with Gasteiger partial charge in [0.1, 0.15) is 30.2 Å². The van der Waals surface area contributed by atoms with Gasteiger partial charge in [0.25, 0.3) is 0 Å². The van der Waals surface area contributed by atoms with Crippen molar-refractivity contribution in [3.63, 3.8) is 0 Å². The topological polar surface area (TPSA) is 125 Å². The smallest absolute Gasteiger partial charge is 0.326 e. The standard InChI is InChI=1S/C10H14N6O4/c1-11-7-4-8-15(14-13-4)2-3-5(17)6(18)9(20-3)16(8)10(19)12-7/h3,5-7,9,11,17-18H,2H2,1H3,(H,12,19)/t3-,5?,6?,7?,9-/m0/s1. The molecule has 1 aromatic heterocycles. The molecular formula is C10H14N6O4. The van der Waals surface area contributed by atoms with Gasteiger partial charge in [0, 0.05) is 0 Å². The van der Waals surface area contributed by atoms with Crippen molar-refractivity contribution in [3.05, 3.63) is 5.69 Å². The Labute approximate surface area is 113 Å². The lowest BCUT2D eigenvalue weighted by molar-refractivity contribution is 0.00659. The molecule has 0 aliphatic carbocycles. The molecule has 0 saturated carbocycles. The van der Waals surface area contributed by atoms with Crippen molar-refractivity contribution >= 4 is 11.8 Å². The van der Waals surface area contributed by atoms with Crippen LogP contribution in [0.25, 0.3) is 0 Å². The molecule has 4 heterocycles. The van der Waals surface area contributed by atoms with Crippen LogP contribution >= 0.6 is 0 Å². The highest BCUT2D eigenvalue weighted by Crippen LogP contribution is 2.37. The molecule has 1 saturated heterocycles. The number of carbonyl (C=O) groups excluding carboxylic acids is 1. The van der Waals surface area contributed by atoms with Crippen molar-refractivity contribution in [2.24, 2.45) is 0 Å². The number of fused-ring (bicyclic) bond motifs is 3. The molecular weight excluding hydrogens is 268 g/mol. The van der Waals surface area contributed by atoms with Crippen molar-refractivity contribution in [2.45, 2.75) is 37.3 Å². The van der Waals surface area contributed by atoms with Crippen LogP contribution in [0.3, 0.4) is 0 Å². The van der Waals surface area contributed by atoms with Gasteiger partial charge in [-0.25, -0.2) is 14.4 Å². The summed E-state index contributed by atoms with van der Waals surface area (Å²) in [4.78, 5) is 13.5. The van der Waals surface area contributed by atoms with Crippen LogP contribution in [0.1, 0.15) is 11.9 Å². The highest BCUT2D eigenvalue weighted by atomic mass is 16.6. The molecule has 1 aromatic rings. The van der Waals surface area contributed by atoms with Crippen LogP contribution in [0.4, 0.5) is 10.6 Å². The van der Waals surface area contributed by atoms with Gasteiger partial charge in [0.05, 0.1) is 6.54 Å². The largest absolute Gasteiger partial charge is 0.387 e. The highest BCUT2D eigenvalue weighted by Gasteiger charge is 2.53. The van der Waals surface area contributed by atoms with E-state index in [-0.39, 0.29) is 6.54 Å². The SMILES string of the molecule is CNC1NC(=O)N2c3c1nnn3C[C@@H]1O[C@H]2C(O)C1O. The molecule has 0 aromatic carbocycles. The summed E-state index contributed by atoms with van der Waals surface area (Å²) in [7, 11) is 1.70. The molecule has 2 bridgehead atoms. The minimum absolute atomic E-state index is 0.233. The minimum atomic E-state index is -1.16. The average molecular weight is 282 g/mol. The predicted octanol–water partition coefficient (Wildman–Crippen LogP) is -2.51. The second-order valence-electron chi connectivity index (χ2n) is 5.07. The van der Waals surface area contributed by atoms with E-state index in [4.69, 9.17) is 4.74 Å². The van der Waals surface area contributed by atoms with E-state index >= 15 is 0 Å². The number of aromatic nitrogens is 3. The predicted molar refractivity (Wildman–Crippen MR) is 63.5 cm³/mol. The minimum Gasteiger partial charge on any atom is -0.387 e. The zero-order chi connectivity index (χ0) is 14.0. The van der Waals surface area contributed by atoms with Crippen LogP contribution in [-0.4, -0.2) is 62.8 Å². The summed E-state index contributed by atoms with van der Waals surface area (Å²) < 4.78 is 7.10. The number of aliphatic hydroxyl groups is 2. The van der Waals surface area contributed by atoms with Crippen molar-refractivity contribution in [3.8, 4) is 0 Å². The fraction of sp³-hybridized carbons (Fsp3) is 0.700. The summed E-state index contributed by atoms with van der Waals surface area (Å²) in [5.74, 6) is 0.492. The normalized spacial score (nSPS) is 38.5. The Kier molecular flexibility index (Phi) is 2.33. The number of urea groups is 1. The Balaban J connectivity index is 1.88. The van der Waals surface area contributed by atoms with E-state index < -0.39 is 36.7 Å². The zero-order valence-corrected chi connectivity index (χ0v) is 10.6. The Bertz CT molecular complexity index is 576. The molecule has 10 nitrogen and oxygen atoms in total. The molecule has 1 fully saturated rings. The maximum Gasteiger partial charge on any atom is 0.326 e. The van der Waals surface area contributed by atoms with Gasteiger partial charge in [-0.1, -0.05) is 5.21 Å². The number of anilines is 1. The van der Waals surface area contributed by atoms with Gasteiger partial charge >= 0.3 is 6.03 Å². The Morgan fingerprint density at radius 1 is 1.45 bits per heavy atom. The van der Waals surface area contributed by atoms with Gasteiger partial charge in [-0.3, -0.25) is 5.32 Å². The third kappa shape index (κ3) is 1.33. The summed E-state index contributed by atoms with van der Waals surface area (Å²) in [5, 5.41) is 33.7. The lowest BCUT2D eigenvalue weighted by Gasteiger charge is -2.35. The molecule has 3 aliphatic rings. The van der Waals surface area contributed by atoms with Crippen LogP contribution < -0.4 is 15.5 Å². The number of carbonyl (C=O) groups is 1. The number of nitrogens with zero attached hydrogens (tertiary/aromatic N) is 4. The third-order valence-corrected chi connectivity index (χ3v) is 3.96. The van der Waals surface area contributed by atoms with Gasteiger partial charge < -0.3 is 20.3 Å². The number of nitrogens with one attached hydrogen (secondary N) is 2. The number of aliphatic hydroxyl groups excluding tert-OH is 2.